The van der Waals surface area contributed by atoms with Gasteiger partial charge in [0, 0.05) is 56.7 Å². The van der Waals surface area contributed by atoms with Gasteiger partial charge in [-0.05, 0) is 49.2 Å². The molecule has 32 heavy (non-hydrogen) atoms. The molecule has 0 saturated carbocycles. The zero-order valence-corrected chi connectivity index (χ0v) is 17.9. The van der Waals surface area contributed by atoms with Crippen LogP contribution in [0.4, 0.5) is 11.4 Å². The summed E-state index contributed by atoms with van der Waals surface area (Å²) in [6.45, 7) is 5.60. The van der Waals surface area contributed by atoms with Gasteiger partial charge in [-0.15, -0.1) is 0 Å². The van der Waals surface area contributed by atoms with Crippen molar-refractivity contribution >= 4 is 17.3 Å². The third kappa shape index (κ3) is 4.22. The zero-order chi connectivity index (χ0) is 21.9. The van der Waals surface area contributed by atoms with Crippen LogP contribution in [0.15, 0.2) is 36.4 Å². The molecule has 3 aliphatic heterocycles. The molecule has 3 aliphatic rings. The van der Waals surface area contributed by atoms with Crippen LogP contribution in [0, 0.1) is 11.3 Å². The van der Waals surface area contributed by atoms with E-state index in [2.05, 4.69) is 21.2 Å². The van der Waals surface area contributed by atoms with Gasteiger partial charge in [-0.2, -0.15) is 5.26 Å². The second kappa shape index (κ2) is 9.07. The van der Waals surface area contributed by atoms with Gasteiger partial charge in [-0.1, -0.05) is 0 Å². The van der Waals surface area contributed by atoms with Crippen LogP contribution in [-0.4, -0.2) is 63.0 Å². The predicted molar refractivity (Wildman–Crippen MR) is 119 cm³/mol. The van der Waals surface area contributed by atoms with Gasteiger partial charge in [-0.25, -0.2) is 0 Å². The van der Waals surface area contributed by atoms with Crippen molar-refractivity contribution in [3.8, 4) is 17.6 Å². The summed E-state index contributed by atoms with van der Waals surface area (Å²) in [5.74, 6) is 0.935. The van der Waals surface area contributed by atoms with E-state index in [0.29, 0.717) is 34.4 Å². The third-order valence-corrected chi connectivity index (χ3v) is 6.37. The molecule has 0 radical (unpaired) electrons. The number of nitrogens with one attached hydrogen (secondary N) is 1. The standard InChI is InChI=1S/C24H26N4O4/c25-15-18-13-19(26-24(29)17-1-4-22-23(14-17)32-16-31-22)2-3-21(18)28-9-7-27(8-10-28)20-5-11-30-12-6-20/h1-4,13-14,20H,5-12,16H2,(H,26,29). The molecule has 8 heteroatoms. The lowest BCUT2D eigenvalue weighted by Crippen LogP contribution is -2.51. The minimum Gasteiger partial charge on any atom is -0.454 e. The monoisotopic (exact) mass is 434 g/mol. The lowest BCUT2D eigenvalue weighted by atomic mass is 10.1. The van der Waals surface area contributed by atoms with Crippen molar-refractivity contribution in [2.45, 2.75) is 18.9 Å². The van der Waals surface area contributed by atoms with Crippen LogP contribution in [0.3, 0.4) is 0 Å². The highest BCUT2D eigenvalue weighted by atomic mass is 16.7. The Kier molecular flexibility index (Phi) is 5.84. The molecule has 0 bridgehead atoms. The van der Waals surface area contributed by atoms with E-state index >= 15 is 0 Å². The summed E-state index contributed by atoms with van der Waals surface area (Å²) < 4.78 is 16.1. The first-order valence-corrected chi connectivity index (χ1v) is 11.0. The Bertz CT molecular complexity index is 1040. The van der Waals surface area contributed by atoms with Crippen molar-refractivity contribution in [3.05, 3.63) is 47.5 Å². The van der Waals surface area contributed by atoms with Crippen LogP contribution in [0.25, 0.3) is 0 Å². The Morgan fingerprint density at radius 1 is 1.00 bits per heavy atom. The van der Waals surface area contributed by atoms with Crippen molar-refractivity contribution in [2.24, 2.45) is 0 Å². The molecule has 1 N–H and O–H groups in total. The molecular weight excluding hydrogens is 408 g/mol. The molecule has 0 aromatic heterocycles. The van der Waals surface area contributed by atoms with Crippen LogP contribution in [0.2, 0.25) is 0 Å². The average Bonchev–Trinajstić information content (AvgIpc) is 3.33. The highest BCUT2D eigenvalue weighted by molar-refractivity contribution is 6.04. The first kappa shape index (κ1) is 20.6. The van der Waals surface area contributed by atoms with Crippen molar-refractivity contribution in [1.29, 1.82) is 5.26 Å². The molecule has 2 aromatic rings. The lowest BCUT2D eigenvalue weighted by molar-refractivity contribution is 0.0321. The van der Waals surface area contributed by atoms with Gasteiger partial charge in [0.25, 0.3) is 5.91 Å². The third-order valence-electron chi connectivity index (χ3n) is 6.37. The minimum atomic E-state index is -0.259. The number of ether oxygens (including phenoxy) is 3. The number of hydrogen-bond acceptors (Lipinski definition) is 7. The Balaban J connectivity index is 1.24. The van der Waals surface area contributed by atoms with Crippen LogP contribution in [0.5, 0.6) is 11.5 Å². The van der Waals surface area contributed by atoms with Crippen molar-refractivity contribution < 1.29 is 19.0 Å². The lowest BCUT2D eigenvalue weighted by Gasteiger charge is -2.41. The summed E-state index contributed by atoms with van der Waals surface area (Å²) in [7, 11) is 0. The second-order valence-electron chi connectivity index (χ2n) is 8.23. The van der Waals surface area contributed by atoms with E-state index in [1.807, 2.05) is 12.1 Å². The maximum absolute atomic E-state index is 12.7. The summed E-state index contributed by atoms with van der Waals surface area (Å²) >= 11 is 0. The first-order chi connectivity index (χ1) is 15.7. The van der Waals surface area contributed by atoms with Gasteiger partial charge in [-0.3, -0.25) is 9.69 Å². The van der Waals surface area contributed by atoms with E-state index < -0.39 is 0 Å². The van der Waals surface area contributed by atoms with Crippen LogP contribution < -0.4 is 19.7 Å². The molecular formula is C24H26N4O4. The largest absolute Gasteiger partial charge is 0.454 e. The molecule has 166 valence electrons. The van der Waals surface area contributed by atoms with Gasteiger partial charge in [0.15, 0.2) is 11.5 Å². The predicted octanol–water partition coefficient (Wildman–Crippen LogP) is 2.84. The van der Waals surface area contributed by atoms with Crippen LogP contribution in [0.1, 0.15) is 28.8 Å². The molecule has 2 fully saturated rings. The quantitative estimate of drug-likeness (QED) is 0.792. The zero-order valence-electron chi connectivity index (χ0n) is 17.9. The SMILES string of the molecule is N#Cc1cc(NC(=O)c2ccc3c(c2)OCO3)ccc1N1CCN(C2CCOCC2)CC1. The van der Waals surface area contributed by atoms with Gasteiger partial charge < -0.3 is 24.4 Å². The number of nitrogens with zero attached hydrogens (tertiary/aromatic N) is 3. The molecule has 0 atom stereocenters. The molecule has 2 saturated heterocycles. The summed E-state index contributed by atoms with van der Waals surface area (Å²) in [6, 6.07) is 13.5. The number of carbonyl (C=O) groups is 1. The van der Waals surface area contributed by atoms with E-state index in [0.717, 1.165) is 57.9 Å². The van der Waals surface area contributed by atoms with E-state index in [9.17, 15) is 10.1 Å². The number of nitriles is 1. The smallest absolute Gasteiger partial charge is 0.255 e. The molecule has 0 unspecified atom stereocenters. The van der Waals surface area contributed by atoms with E-state index in [4.69, 9.17) is 14.2 Å². The molecule has 3 heterocycles. The Labute approximate surface area is 187 Å². The molecule has 1 amide bonds. The Hall–Kier alpha value is -3.28. The highest BCUT2D eigenvalue weighted by Crippen LogP contribution is 2.33. The summed E-state index contributed by atoms with van der Waals surface area (Å²) in [6.07, 6.45) is 2.20. The Morgan fingerprint density at radius 3 is 2.56 bits per heavy atom. The second-order valence-corrected chi connectivity index (χ2v) is 8.23. The van der Waals surface area contributed by atoms with Crippen molar-refractivity contribution in [1.82, 2.24) is 4.90 Å². The van der Waals surface area contributed by atoms with E-state index in [1.165, 1.54) is 0 Å². The number of piperazine rings is 1. The molecule has 0 spiro atoms. The van der Waals surface area contributed by atoms with Crippen molar-refractivity contribution in [2.75, 3.05) is 56.4 Å². The number of carbonyl (C=O) groups excluding carboxylic acids is 1. The van der Waals surface area contributed by atoms with Gasteiger partial charge in [0.05, 0.1) is 11.3 Å². The van der Waals surface area contributed by atoms with Gasteiger partial charge in [0.2, 0.25) is 6.79 Å². The fourth-order valence-electron chi connectivity index (χ4n) is 4.60. The van der Waals surface area contributed by atoms with E-state index in [-0.39, 0.29) is 12.7 Å². The number of hydrogen-bond donors (Lipinski definition) is 1. The fourth-order valence-corrected chi connectivity index (χ4v) is 4.60. The summed E-state index contributed by atoms with van der Waals surface area (Å²) in [5, 5.41) is 12.6. The topological polar surface area (TPSA) is 87.1 Å². The normalized spacial score (nSPS) is 18.9. The number of rotatable bonds is 4. The van der Waals surface area contributed by atoms with Crippen molar-refractivity contribution in [3.63, 3.8) is 0 Å². The summed E-state index contributed by atoms with van der Waals surface area (Å²) in [5.41, 5.74) is 2.54. The minimum absolute atomic E-state index is 0.163. The summed E-state index contributed by atoms with van der Waals surface area (Å²) in [4.78, 5) is 17.5. The van der Waals surface area contributed by atoms with Crippen LogP contribution >= 0.6 is 0 Å². The Morgan fingerprint density at radius 2 is 1.78 bits per heavy atom. The first-order valence-electron chi connectivity index (χ1n) is 11.0. The van der Waals surface area contributed by atoms with Crippen LogP contribution in [-0.2, 0) is 4.74 Å². The number of fused-ring (bicyclic) bond motifs is 1. The van der Waals surface area contributed by atoms with E-state index in [1.54, 1.807) is 24.3 Å². The molecule has 8 nitrogen and oxygen atoms in total. The molecule has 2 aromatic carbocycles. The maximum Gasteiger partial charge on any atom is 0.255 e. The molecule has 5 rings (SSSR count). The fraction of sp³-hybridized carbons (Fsp3) is 0.417. The number of anilines is 2. The number of benzene rings is 2. The van der Waals surface area contributed by atoms with Gasteiger partial charge in [0.1, 0.15) is 6.07 Å². The van der Waals surface area contributed by atoms with Gasteiger partial charge >= 0.3 is 0 Å². The molecule has 0 aliphatic carbocycles. The highest BCUT2D eigenvalue weighted by Gasteiger charge is 2.26. The average molecular weight is 434 g/mol. The number of amides is 1. The maximum atomic E-state index is 12.7.